The predicted molar refractivity (Wildman–Crippen MR) is 51.5 cm³/mol. The van der Waals surface area contributed by atoms with Gasteiger partial charge in [-0.2, -0.15) is 11.8 Å². The summed E-state index contributed by atoms with van der Waals surface area (Å²) in [6, 6.07) is 0. The zero-order valence-corrected chi connectivity index (χ0v) is 8.49. The average Bonchev–Trinajstić information content (AvgIpc) is 2.68. The second kappa shape index (κ2) is 3.69. The van der Waals surface area contributed by atoms with Crippen LogP contribution in [0.1, 0.15) is 26.7 Å². The van der Waals surface area contributed by atoms with Crippen molar-refractivity contribution in [2.45, 2.75) is 26.7 Å². The van der Waals surface area contributed by atoms with Crippen LogP contribution in [0.15, 0.2) is 0 Å². The Kier molecular flexibility index (Phi) is 3.04. The van der Waals surface area contributed by atoms with Crippen molar-refractivity contribution in [2.75, 3.05) is 11.5 Å². The van der Waals surface area contributed by atoms with Crippen LogP contribution in [-0.4, -0.2) is 22.6 Å². The quantitative estimate of drug-likeness (QED) is 0.719. The Morgan fingerprint density at radius 2 is 2.17 bits per heavy atom. The van der Waals surface area contributed by atoms with E-state index < -0.39 is 5.97 Å². The van der Waals surface area contributed by atoms with Crippen molar-refractivity contribution in [2.24, 2.45) is 11.3 Å². The first-order valence-corrected chi connectivity index (χ1v) is 5.53. The molecule has 1 N–H and O–H groups in total. The fourth-order valence-electron chi connectivity index (χ4n) is 1.06. The molecule has 0 unspecified atom stereocenters. The zero-order chi connectivity index (χ0) is 9.19. The molecule has 1 saturated carbocycles. The van der Waals surface area contributed by atoms with Crippen LogP contribution in [0.4, 0.5) is 0 Å². The van der Waals surface area contributed by atoms with Crippen LogP contribution in [0, 0.1) is 11.3 Å². The van der Waals surface area contributed by atoms with Crippen LogP contribution in [0.5, 0.6) is 0 Å². The first kappa shape index (κ1) is 9.90. The number of rotatable bonds is 5. The lowest BCUT2D eigenvalue weighted by molar-refractivity contribution is -0.142. The zero-order valence-electron chi connectivity index (χ0n) is 7.67. The van der Waals surface area contributed by atoms with Crippen molar-refractivity contribution < 1.29 is 9.90 Å². The van der Waals surface area contributed by atoms with E-state index in [1.54, 1.807) is 11.8 Å². The molecule has 0 saturated heterocycles. The molecule has 12 heavy (non-hydrogen) atoms. The number of carboxylic acids is 1. The molecular formula is C9H16O2S. The number of hydrogen-bond donors (Lipinski definition) is 1. The van der Waals surface area contributed by atoms with Gasteiger partial charge >= 0.3 is 5.97 Å². The Morgan fingerprint density at radius 3 is 2.50 bits per heavy atom. The lowest BCUT2D eigenvalue weighted by atomic mass is 10.1. The normalized spacial score (nSPS) is 19.6. The van der Waals surface area contributed by atoms with Crippen molar-refractivity contribution in [1.29, 1.82) is 0 Å². The number of thioether (sulfide) groups is 1. The Labute approximate surface area is 77.7 Å². The fourth-order valence-corrected chi connectivity index (χ4v) is 2.45. The first-order valence-electron chi connectivity index (χ1n) is 4.38. The van der Waals surface area contributed by atoms with E-state index in [0.717, 1.165) is 24.3 Å². The predicted octanol–water partition coefficient (Wildman–Crippen LogP) is 2.24. The largest absolute Gasteiger partial charge is 0.481 e. The number of carbonyl (C=O) groups is 1. The molecule has 1 rings (SSSR count). The molecule has 1 fully saturated rings. The summed E-state index contributed by atoms with van der Waals surface area (Å²) in [7, 11) is 0. The summed E-state index contributed by atoms with van der Waals surface area (Å²) in [6.45, 7) is 4.32. The maximum atomic E-state index is 10.7. The molecule has 0 aliphatic heterocycles. The summed E-state index contributed by atoms with van der Waals surface area (Å²) in [4.78, 5) is 10.7. The topological polar surface area (TPSA) is 37.3 Å². The van der Waals surface area contributed by atoms with Gasteiger partial charge in [0, 0.05) is 5.75 Å². The molecule has 0 aromatic heterocycles. The van der Waals surface area contributed by atoms with Crippen molar-refractivity contribution in [1.82, 2.24) is 0 Å². The lowest BCUT2D eigenvalue weighted by Gasteiger charge is -2.09. The second-order valence-corrected chi connectivity index (χ2v) is 5.02. The Hall–Kier alpha value is -0.180. The van der Waals surface area contributed by atoms with Gasteiger partial charge in [-0.05, 0) is 24.5 Å². The molecule has 0 amide bonds. The number of aliphatic carboxylic acids is 1. The molecule has 0 spiro atoms. The summed E-state index contributed by atoms with van der Waals surface area (Å²) in [6.07, 6.45) is 1.76. The first-order chi connectivity index (χ1) is 5.57. The summed E-state index contributed by atoms with van der Waals surface area (Å²) in [5.41, 5.74) is -0.334. The van der Waals surface area contributed by atoms with Crippen LogP contribution < -0.4 is 0 Å². The van der Waals surface area contributed by atoms with Crippen LogP contribution in [0.3, 0.4) is 0 Å². The minimum Gasteiger partial charge on any atom is -0.481 e. The lowest BCUT2D eigenvalue weighted by Crippen LogP contribution is -2.17. The van der Waals surface area contributed by atoms with Gasteiger partial charge < -0.3 is 5.11 Å². The molecule has 70 valence electrons. The second-order valence-electron chi connectivity index (χ2n) is 3.99. The summed E-state index contributed by atoms with van der Waals surface area (Å²) in [5.74, 6) is 1.95. The Bertz CT molecular complexity index is 173. The fraction of sp³-hybridized carbons (Fsp3) is 0.889. The monoisotopic (exact) mass is 188 g/mol. The third-order valence-electron chi connectivity index (χ3n) is 2.14. The van der Waals surface area contributed by atoms with E-state index in [2.05, 4.69) is 13.8 Å². The molecule has 0 aromatic rings. The van der Waals surface area contributed by atoms with Crippen LogP contribution >= 0.6 is 11.8 Å². The van der Waals surface area contributed by atoms with E-state index in [1.165, 1.54) is 0 Å². The third-order valence-corrected chi connectivity index (χ3v) is 3.80. The molecule has 0 aromatic carbocycles. The van der Waals surface area contributed by atoms with Gasteiger partial charge in [0.15, 0.2) is 0 Å². The van der Waals surface area contributed by atoms with E-state index in [-0.39, 0.29) is 5.41 Å². The summed E-state index contributed by atoms with van der Waals surface area (Å²) < 4.78 is 0. The van der Waals surface area contributed by atoms with E-state index in [4.69, 9.17) is 5.11 Å². The molecule has 0 heterocycles. The molecule has 3 heteroatoms. The highest BCUT2D eigenvalue weighted by atomic mass is 32.2. The minimum atomic E-state index is -0.598. The Balaban J connectivity index is 2.19. The summed E-state index contributed by atoms with van der Waals surface area (Å²) >= 11 is 1.78. The molecule has 0 bridgehead atoms. The minimum absolute atomic E-state index is 0.334. The van der Waals surface area contributed by atoms with Gasteiger partial charge in [0.2, 0.25) is 0 Å². The SMILES string of the molecule is CC(C)CSCC1(C(=O)O)CC1. The van der Waals surface area contributed by atoms with Gasteiger partial charge in [-0.25, -0.2) is 0 Å². The van der Waals surface area contributed by atoms with Gasteiger partial charge in [0.1, 0.15) is 0 Å². The van der Waals surface area contributed by atoms with Crippen LogP contribution in [0.25, 0.3) is 0 Å². The average molecular weight is 188 g/mol. The van der Waals surface area contributed by atoms with Gasteiger partial charge in [-0.15, -0.1) is 0 Å². The number of carboxylic acid groups (broad SMARTS) is 1. The van der Waals surface area contributed by atoms with Crippen LogP contribution in [-0.2, 0) is 4.79 Å². The van der Waals surface area contributed by atoms with Gasteiger partial charge in [0.05, 0.1) is 5.41 Å². The molecular weight excluding hydrogens is 172 g/mol. The summed E-state index contributed by atoms with van der Waals surface area (Å²) in [5, 5.41) is 8.86. The van der Waals surface area contributed by atoms with E-state index >= 15 is 0 Å². The Morgan fingerprint density at radius 1 is 1.58 bits per heavy atom. The molecule has 0 radical (unpaired) electrons. The molecule has 2 nitrogen and oxygen atoms in total. The van der Waals surface area contributed by atoms with E-state index in [1.807, 2.05) is 0 Å². The highest BCUT2D eigenvalue weighted by molar-refractivity contribution is 7.99. The highest BCUT2D eigenvalue weighted by Crippen LogP contribution is 2.48. The number of hydrogen-bond acceptors (Lipinski definition) is 2. The van der Waals surface area contributed by atoms with Crippen molar-refractivity contribution in [3.8, 4) is 0 Å². The highest BCUT2D eigenvalue weighted by Gasteiger charge is 2.49. The molecule has 0 atom stereocenters. The van der Waals surface area contributed by atoms with Crippen molar-refractivity contribution in [3.63, 3.8) is 0 Å². The standard InChI is InChI=1S/C9H16O2S/c1-7(2)5-12-6-9(3-4-9)8(10)11/h7H,3-6H2,1-2H3,(H,10,11). The molecule has 1 aliphatic carbocycles. The van der Waals surface area contributed by atoms with Gasteiger partial charge in [-0.3, -0.25) is 4.79 Å². The van der Waals surface area contributed by atoms with Crippen molar-refractivity contribution in [3.05, 3.63) is 0 Å². The molecule has 1 aliphatic rings. The van der Waals surface area contributed by atoms with Gasteiger partial charge in [0.25, 0.3) is 0 Å². The third kappa shape index (κ3) is 2.41. The van der Waals surface area contributed by atoms with Crippen molar-refractivity contribution >= 4 is 17.7 Å². The maximum absolute atomic E-state index is 10.7. The van der Waals surface area contributed by atoms with Gasteiger partial charge in [-0.1, -0.05) is 13.8 Å². The van der Waals surface area contributed by atoms with Crippen LogP contribution in [0.2, 0.25) is 0 Å². The maximum Gasteiger partial charge on any atom is 0.310 e. The smallest absolute Gasteiger partial charge is 0.310 e. The van der Waals surface area contributed by atoms with E-state index in [0.29, 0.717) is 5.92 Å². The van der Waals surface area contributed by atoms with E-state index in [9.17, 15) is 4.79 Å².